The second kappa shape index (κ2) is 5.13. The topological polar surface area (TPSA) is 0 Å². The van der Waals surface area contributed by atoms with Crippen LogP contribution in [-0.4, -0.2) is 0 Å². The summed E-state index contributed by atoms with van der Waals surface area (Å²) in [6.07, 6.45) is 5.77. The number of benzene rings is 2. The summed E-state index contributed by atoms with van der Waals surface area (Å²) in [5, 5.41) is 0. The molecule has 0 saturated heterocycles. The van der Waals surface area contributed by atoms with Crippen LogP contribution in [-0.2, 0) is 0 Å². The van der Waals surface area contributed by atoms with Crippen molar-refractivity contribution in [3.8, 4) is 11.1 Å². The van der Waals surface area contributed by atoms with Crippen molar-refractivity contribution >= 4 is 6.08 Å². The Balaban J connectivity index is 2.26. The van der Waals surface area contributed by atoms with Crippen LogP contribution >= 0.6 is 0 Å². The van der Waals surface area contributed by atoms with E-state index >= 15 is 0 Å². The van der Waals surface area contributed by atoms with E-state index in [4.69, 9.17) is 0 Å². The minimum Gasteiger partial charge on any atom is -0.0991 e. The molecule has 0 aliphatic rings. The predicted molar refractivity (Wildman–Crippen MR) is 71.1 cm³/mol. The quantitative estimate of drug-likeness (QED) is 0.646. The molecule has 0 atom stereocenters. The summed E-state index contributed by atoms with van der Waals surface area (Å²) in [5.41, 5.74) is 3.69. The molecular formula is C16H14. The molecule has 2 aromatic rings. The van der Waals surface area contributed by atoms with Gasteiger partial charge < -0.3 is 0 Å². The molecular weight excluding hydrogens is 192 g/mol. The number of hydrogen-bond donors (Lipinski definition) is 0. The zero-order valence-electron chi connectivity index (χ0n) is 9.14. The standard InChI is InChI=1S/C16H14/c1-2-3-7-14-10-12-16(13-11-14)15-8-5-4-6-9-15/h2-13H,1H2. The predicted octanol–water partition coefficient (Wildman–Crippen LogP) is 4.55. The lowest BCUT2D eigenvalue weighted by molar-refractivity contribution is 1.60. The molecule has 0 aliphatic heterocycles. The maximum atomic E-state index is 3.65. The van der Waals surface area contributed by atoms with Crippen LogP contribution in [0.25, 0.3) is 17.2 Å². The Morgan fingerprint density at radius 1 is 0.750 bits per heavy atom. The maximum Gasteiger partial charge on any atom is -0.0184 e. The number of hydrogen-bond acceptors (Lipinski definition) is 0. The van der Waals surface area contributed by atoms with Crippen LogP contribution in [0.5, 0.6) is 0 Å². The number of rotatable bonds is 3. The Hall–Kier alpha value is -2.08. The minimum atomic E-state index is 1.19. The van der Waals surface area contributed by atoms with Gasteiger partial charge in [0.15, 0.2) is 0 Å². The van der Waals surface area contributed by atoms with Gasteiger partial charge in [0.25, 0.3) is 0 Å². The van der Waals surface area contributed by atoms with Gasteiger partial charge in [0, 0.05) is 0 Å². The van der Waals surface area contributed by atoms with Gasteiger partial charge in [0.05, 0.1) is 0 Å². The smallest absolute Gasteiger partial charge is 0.0184 e. The molecule has 0 aliphatic carbocycles. The molecule has 2 aromatic carbocycles. The van der Waals surface area contributed by atoms with Crippen LogP contribution in [0.4, 0.5) is 0 Å². The Labute approximate surface area is 96.6 Å². The minimum absolute atomic E-state index is 1.19. The van der Waals surface area contributed by atoms with Crippen molar-refractivity contribution in [2.45, 2.75) is 0 Å². The van der Waals surface area contributed by atoms with Crippen molar-refractivity contribution in [3.63, 3.8) is 0 Å². The van der Waals surface area contributed by atoms with Crippen LogP contribution in [0.3, 0.4) is 0 Å². The summed E-state index contributed by atoms with van der Waals surface area (Å²) < 4.78 is 0. The van der Waals surface area contributed by atoms with E-state index in [1.807, 2.05) is 18.2 Å². The highest BCUT2D eigenvalue weighted by molar-refractivity contribution is 5.65. The van der Waals surface area contributed by atoms with Gasteiger partial charge in [-0.05, 0) is 16.7 Å². The van der Waals surface area contributed by atoms with E-state index in [0.29, 0.717) is 0 Å². The van der Waals surface area contributed by atoms with E-state index in [9.17, 15) is 0 Å². The fraction of sp³-hybridized carbons (Fsp3) is 0. The van der Waals surface area contributed by atoms with Gasteiger partial charge in [-0.2, -0.15) is 0 Å². The van der Waals surface area contributed by atoms with Crippen LogP contribution in [0.15, 0.2) is 73.3 Å². The van der Waals surface area contributed by atoms with Crippen molar-refractivity contribution in [1.29, 1.82) is 0 Å². The third kappa shape index (κ3) is 2.48. The fourth-order valence-electron chi connectivity index (χ4n) is 1.60. The molecule has 0 nitrogen and oxygen atoms in total. The first-order chi connectivity index (χ1) is 7.90. The van der Waals surface area contributed by atoms with Crippen molar-refractivity contribution < 1.29 is 0 Å². The Morgan fingerprint density at radius 3 is 2.00 bits per heavy atom. The lowest BCUT2D eigenvalue weighted by atomic mass is 10.0. The second-order valence-electron chi connectivity index (χ2n) is 3.58. The van der Waals surface area contributed by atoms with E-state index in [1.54, 1.807) is 6.08 Å². The zero-order chi connectivity index (χ0) is 11.2. The summed E-state index contributed by atoms with van der Waals surface area (Å²) in [4.78, 5) is 0. The highest BCUT2D eigenvalue weighted by atomic mass is 14.0. The van der Waals surface area contributed by atoms with E-state index in [2.05, 4.69) is 55.1 Å². The van der Waals surface area contributed by atoms with Crippen molar-refractivity contribution in [3.05, 3.63) is 78.9 Å². The molecule has 0 fully saturated rings. The van der Waals surface area contributed by atoms with Gasteiger partial charge in [-0.1, -0.05) is 79.4 Å². The van der Waals surface area contributed by atoms with Crippen molar-refractivity contribution in [2.75, 3.05) is 0 Å². The first-order valence-corrected chi connectivity index (χ1v) is 5.35. The Morgan fingerprint density at radius 2 is 1.38 bits per heavy atom. The zero-order valence-corrected chi connectivity index (χ0v) is 9.14. The largest absolute Gasteiger partial charge is 0.0991 e. The van der Waals surface area contributed by atoms with E-state index in [-0.39, 0.29) is 0 Å². The van der Waals surface area contributed by atoms with Gasteiger partial charge >= 0.3 is 0 Å². The fourth-order valence-corrected chi connectivity index (χ4v) is 1.60. The average molecular weight is 206 g/mol. The third-order valence-corrected chi connectivity index (χ3v) is 2.44. The second-order valence-corrected chi connectivity index (χ2v) is 3.58. The molecule has 0 N–H and O–H groups in total. The van der Waals surface area contributed by atoms with E-state index < -0.39 is 0 Å². The molecule has 0 heterocycles. The normalized spacial score (nSPS) is 10.5. The van der Waals surface area contributed by atoms with Gasteiger partial charge in [0.2, 0.25) is 0 Å². The third-order valence-electron chi connectivity index (χ3n) is 2.44. The van der Waals surface area contributed by atoms with Gasteiger partial charge in [-0.3, -0.25) is 0 Å². The molecule has 2 rings (SSSR count). The van der Waals surface area contributed by atoms with Gasteiger partial charge in [-0.15, -0.1) is 0 Å². The highest BCUT2D eigenvalue weighted by Gasteiger charge is 1.94. The molecule has 16 heavy (non-hydrogen) atoms. The summed E-state index contributed by atoms with van der Waals surface area (Å²) in [6, 6.07) is 18.9. The summed E-state index contributed by atoms with van der Waals surface area (Å²) in [6.45, 7) is 3.65. The summed E-state index contributed by atoms with van der Waals surface area (Å²) >= 11 is 0. The Kier molecular flexibility index (Phi) is 3.35. The first kappa shape index (κ1) is 10.4. The molecule has 0 radical (unpaired) electrons. The maximum absolute atomic E-state index is 3.65. The average Bonchev–Trinajstić information content (AvgIpc) is 2.38. The van der Waals surface area contributed by atoms with E-state index in [0.717, 1.165) is 0 Å². The van der Waals surface area contributed by atoms with Crippen LogP contribution in [0, 0.1) is 0 Å². The molecule has 0 aromatic heterocycles. The van der Waals surface area contributed by atoms with Crippen LogP contribution in [0.2, 0.25) is 0 Å². The lowest BCUT2D eigenvalue weighted by Gasteiger charge is -2.01. The lowest BCUT2D eigenvalue weighted by Crippen LogP contribution is -1.77. The van der Waals surface area contributed by atoms with E-state index in [1.165, 1.54) is 16.7 Å². The monoisotopic (exact) mass is 206 g/mol. The highest BCUT2D eigenvalue weighted by Crippen LogP contribution is 2.19. The van der Waals surface area contributed by atoms with Crippen LogP contribution < -0.4 is 0 Å². The summed E-state index contributed by atoms with van der Waals surface area (Å²) in [5.74, 6) is 0. The SMILES string of the molecule is C=CC=Cc1ccc(-c2ccccc2)cc1. The van der Waals surface area contributed by atoms with Crippen molar-refractivity contribution in [1.82, 2.24) is 0 Å². The van der Waals surface area contributed by atoms with Gasteiger partial charge in [0.1, 0.15) is 0 Å². The van der Waals surface area contributed by atoms with Crippen LogP contribution in [0.1, 0.15) is 5.56 Å². The van der Waals surface area contributed by atoms with Crippen molar-refractivity contribution in [2.24, 2.45) is 0 Å². The number of allylic oxidation sites excluding steroid dienone is 2. The molecule has 0 spiro atoms. The molecule has 0 heteroatoms. The molecule has 78 valence electrons. The van der Waals surface area contributed by atoms with Gasteiger partial charge in [-0.25, -0.2) is 0 Å². The molecule has 0 saturated carbocycles. The Bertz CT molecular complexity index is 475. The molecule has 0 amide bonds. The molecule has 0 bridgehead atoms. The first-order valence-electron chi connectivity index (χ1n) is 5.35. The molecule has 0 unspecified atom stereocenters. The summed E-state index contributed by atoms with van der Waals surface area (Å²) in [7, 11) is 0.